The highest BCUT2D eigenvalue weighted by molar-refractivity contribution is 7.91. The average molecular weight is 558 g/mol. The molecule has 0 spiro atoms. The predicted molar refractivity (Wildman–Crippen MR) is 153 cm³/mol. The maximum atomic E-state index is 15.0. The minimum Gasteiger partial charge on any atom is -0.326 e. The van der Waals surface area contributed by atoms with Gasteiger partial charge in [-0.25, -0.2) is 12.8 Å². The van der Waals surface area contributed by atoms with Gasteiger partial charge < -0.3 is 15.5 Å². The molecule has 2 aromatic rings. The van der Waals surface area contributed by atoms with Crippen molar-refractivity contribution in [3.8, 4) is 0 Å². The van der Waals surface area contributed by atoms with Crippen molar-refractivity contribution >= 4 is 33.0 Å². The Morgan fingerprint density at radius 1 is 1.05 bits per heavy atom. The first-order valence-corrected chi connectivity index (χ1v) is 15.9. The normalized spacial score (nSPS) is 22.3. The highest BCUT2D eigenvalue weighted by atomic mass is 32.2. The van der Waals surface area contributed by atoms with Gasteiger partial charge in [0.25, 0.3) is 5.91 Å². The Morgan fingerprint density at radius 3 is 2.41 bits per heavy atom. The third kappa shape index (κ3) is 7.06. The summed E-state index contributed by atoms with van der Waals surface area (Å²) in [7, 11) is -3.25. The van der Waals surface area contributed by atoms with E-state index in [1.807, 2.05) is 25.1 Å². The highest BCUT2D eigenvalue weighted by Gasteiger charge is 2.42. The van der Waals surface area contributed by atoms with Gasteiger partial charge in [0.15, 0.2) is 9.84 Å². The van der Waals surface area contributed by atoms with E-state index < -0.39 is 26.9 Å². The fraction of sp³-hybridized carbons (Fsp3) is 0.533. The number of para-hydroxylation sites is 1. The number of hydrogen-bond donors (Lipinski definition) is 2. The number of carbonyl (C=O) groups excluding carboxylic acids is 2. The van der Waals surface area contributed by atoms with Gasteiger partial charge in [-0.05, 0) is 68.0 Å². The van der Waals surface area contributed by atoms with Gasteiger partial charge in [0.05, 0.1) is 5.56 Å². The molecule has 1 aliphatic heterocycles. The van der Waals surface area contributed by atoms with Crippen molar-refractivity contribution in [2.75, 3.05) is 29.1 Å². The Hall–Kier alpha value is -2.78. The van der Waals surface area contributed by atoms with E-state index in [2.05, 4.69) is 10.6 Å². The molecular formula is C30H40FN3O4S. The number of amides is 2. The van der Waals surface area contributed by atoms with Crippen LogP contribution in [0.25, 0.3) is 0 Å². The number of hydrogen-bond acceptors (Lipinski definition) is 5. The van der Waals surface area contributed by atoms with Crippen LogP contribution in [0, 0.1) is 23.6 Å². The summed E-state index contributed by atoms with van der Waals surface area (Å²) in [6.45, 7) is 4.36. The van der Waals surface area contributed by atoms with Crippen LogP contribution in [0.2, 0.25) is 0 Å². The monoisotopic (exact) mass is 557 g/mol. The molecule has 7 nitrogen and oxygen atoms in total. The zero-order chi connectivity index (χ0) is 28.0. The van der Waals surface area contributed by atoms with Crippen LogP contribution in [0.3, 0.4) is 0 Å². The first-order valence-electron chi connectivity index (χ1n) is 14.1. The van der Waals surface area contributed by atoms with E-state index in [9.17, 15) is 18.0 Å². The summed E-state index contributed by atoms with van der Waals surface area (Å²) in [5.41, 5.74) is 0.910. The van der Waals surface area contributed by atoms with Crippen LogP contribution in [0.5, 0.6) is 0 Å². The summed E-state index contributed by atoms with van der Waals surface area (Å²) in [6, 6.07) is 13.2. The second-order valence-corrected chi connectivity index (χ2v) is 13.2. The van der Waals surface area contributed by atoms with Crippen LogP contribution in [0.4, 0.5) is 15.8 Å². The third-order valence-corrected chi connectivity index (χ3v) is 10.3. The molecular weight excluding hydrogens is 517 g/mol. The molecule has 1 heterocycles. The second kappa shape index (κ2) is 13.0. The van der Waals surface area contributed by atoms with Crippen molar-refractivity contribution in [3.63, 3.8) is 0 Å². The van der Waals surface area contributed by atoms with Gasteiger partial charge in [-0.15, -0.1) is 0 Å². The van der Waals surface area contributed by atoms with Crippen molar-refractivity contribution in [3.05, 3.63) is 59.9 Å². The molecule has 2 N–H and O–H groups in total. The maximum Gasteiger partial charge on any atom is 0.261 e. The van der Waals surface area contributed by atoms with E-state index in [0.29, 0.717) is 31.1 Å². The van der Waals surface area contributed by atoms with E-state index in [1.54, 1.807) is 25.1 Å². The minimum atomic E-state index is -3.25. The summed E-state index contributed by atoms with van der Waals surface area (Å²) in [5.74, 6) is -0.954. The molecule has 3 atom stereocenters. The van der Waals surface area contributed by atoms with Crippen LogP contribution in [0.1, 0.15) is 69.2 Å². The molecule has 2 aliphatic rings. The van der Waals surface area contributed by atoms with Crippen LogP contribution in [-0.4, -0.2) is 44.4 Å². The zero-order valence-electron chi connectivity index (χ0n) is 22.9. The SMILES string of the molecule is CCN(C(=O)c1ccc(NC(=O)CC2CNC(S(=O)(=O)CC)C(C3CCCCC3)C2)cc1F)c1ccccc1. The first kappa shape index (κ1) is 29.2. The topological polar surface area (TPSA) is 95.6 Å². The number of halogens is 1. The molecule has 4 rings (SSSR count). The van der Waals surface area contributed by atoms with Crippen LogP contribution >= 0.6 is 0 Å². The Bertz CT molecular complexity index is 1250. The summed E-state index contributed by atoms with van der Waals surface area (Å²) < 4.78 is 40.6. The van der Waals surface area contributed by atoms with Gasteiger partial charge in [-0.3, -0.25) is 9.59 Å². The number of piperidine rings is 1. The van der Waals surface area contributed by atoms with Crippen molar-refractivity contribution in [2.24, 2.45) is 17.8 Å². The lowest BCUT2D eigenvalue weighted by Crippen LogP contribution is -2.53. The number of nitrogens with zero attached hydrogens (tertiary/aromatic N) is 1. The summed E-state index contributed by atoms with van der Waals surface area (Å²) >= 11 is 0. The van der Waals surface area contributed by atoms with Gasteiger partial charge in [0.1, 0.15) is 11.2 Å². The van der Waals surface area contributed by atoms with Crippen molar-refractivity contribution in [2.45, 2.75) is 64.2 Å². The molecule has 2 amide bonds. The molecule has 212 valence electrons. The Kier molecular flexibility index (Phi) is 9.77. The fourth-order valence-corrected chi connectivity index (χ4v) is 7.77. The molecule has 3 unspecified atom stereocenters. The number of nitrogens with one attached hydrogen (secondary N) is 2. The Labute approximate surface area is 231 Å². The molecule has 2 aromatic carbocycles. The van der Waals surface area contributed by atoms with E-state index in [1.165, 1.54) is 23.5 Å². The molecule has 9 heteroatoms. The lowest BCUT2D eigenvalue weighted by atomic mass is 9.74. The Morgan fingerprint density at radius 2 is 1.77 bits per heavy atom. The smallest absolute Gasteiger partial charge is 0.261 e. The van der Waals surface area contributed by atoms with Gasteiger partial charge in [-0.1, -0.05) is 57.2 Å². The molecule has 1 saturated heterocycles. The molecule has 39 heavy (non-hydrogen) atoms. The molecule has 1 saturated carbocycles. The van der Waals surface area contributed by atoms with Gasteiger partial charge in [-0.2, -0.15) is 0 Å². The number of carbonyl (C=O) groups is 2. The van der Waals surface area contributed by atoms with Crippen LogP contribution < -0.4 is 15.5 Å². The standard InChI is InChI=1S/C30H40FN3O4S/c1-3-34(24-13-9-6-10-14-24)30(36)25-16-15-23(19-27(25)31)33-28(35)18-21-17-26(22-11-7-5-8-12-22)29(32-20-21)39(37,38)4-2/h6,9-10,13-16,19,21-22,26,29,32H,3-5,7-8,11-12,17-18,20H2,1-2H3,(H,33,35). The Balaban J connectivity index is 1.40. The van der Waals surface area contributed by atoms with Crippen molar-refractivity contribution in [1.29, 1.82) is 0 Å². The zero-order valence-corrected chi connectivity index (χ0v) is 23.7. The van der Waals surface area contributed by atoms with Crippen LogP contribution in [0.15, 0.2) is 48.5 Å². The lowest BCUT2D eigenvalue weighted by Gasteiger charge is -2.42. The van der Waals surface area contributed by atoms with E-state index in [-0.39, 0.29) is 41.2 Å². The third-order valence-electron chi connectivity index (χ3n) is 8.23. The van der Waals surface area contributed by atoms with Gasteiger partial charge in [0.2, 0.25) is 5.91 Å². The predicted octanol–water partition coefficient (Wildman–Crippen LogP) is 5.39. The first-order chi connectivity index (χ1) is 18.7. The number of rotatable bonds is 9. The van der Waals surface area contributed by atoms with Crippen molar-refractivity contribution in [1.82, 2.24) is 5.32 Å². The molecule has 0 bridgehead atoms. The maximum absolute atomic E-state index is 15.0. The summed E-state index contributed by atoms with van der Waals surface area (Å²) in [6.07, 6.45) is 6.40. The van der Waals surface area contributed by atoms with E-state index >= 15 is 4.39 Å². The number of benzene rings is 2. The molecule has 2 fully saturated rings. The van der Waals surface area contributed by atoms with Crippen LogP contribution in [-0.2, 0) is 14.6 Å². The molecule has 0 aromatic heterocycles. The number of sulfone groups is 1. The molecule has 1 aliphatic carbocycles. The lowest BCUT2D eigenvalue weighted by molar-refractivity contribution is -0.117. The average Bonchev–Trinajstić information content (AvgIpc) is 2.94. The second-order valence-electron chi connectivity index (χ2n) is 10.8. The summed E-state index contributed by atoms with van der Waals surface area (Å²) in [4.78, 5) is 27.4. The summed E-state index contributed by atoms with van der Waals surface area (Å²) in [5, 5.41) is 5.48. The van der Waals surface area contributed by atoms with Gasteiger partial charge >= 0.3 is 0 Å². The fourth-order valence-electron chi connectivity index (χ4n) is 6.19. The molecule has 0 radical (unpaired) electrons. The van der Waals surface area contributed by atoms with E-state index in [0.717, 1.165) is 25.7 Å². The minimum absolute atomic E-state index is 0.00401. The van der Waals surface area contributed by atoms with E-state index in [4.69, 9.17) is 0 Å². The number of anilines is 2. The largest absolute Gasteiger partial charge is 0.326 e. The van der Waals surface area contributed by atoms with Crippen molar-refractivity contribution < 1.29 is 22.4 Å². The highest BCUT2D eigenvalue weighted by Crippen LogP contribution is 2.39. The van der Waals surface area contributed by atoms with Gasteiger partial charge in [0, 0.05) is 30.1 Å². The quantitative estimate of drug-likeness (QED) is 0.431.